The molecule has 4 heterocycles. The van der Waals surface area contributed by atoms with Crippen LogP contribution in [0.15, 0.2) is 148 Å². The van der Waals surface area contributed by atoms with Crippen molar-refractivity contribution >= 4 is 67.0 Å². The van der Waals surface area contributed by atoms with Crippen LogP contribution in [0.1, 0.15) is 0 Å². The molecule has 0 radical (unpaired) electrons. The van der Waals surface area contributed by atoms with Crippen molar-refractivity contribution in [3.8, 4) is 45.3 Å². The van der Waals surface area contributed by atoms with Crippen molar-refractivity contribution < 1.29 is 18.3 Å². The fourth-order valence-corrected chi connectivity index (χ4v) is 7.79. The van der Waals surface area contributed by atoms with Crippen molar-refractivity contribution in [2.45, 2.75) is 0 Å². The van der Waals surface area contributed by atoms with Crippen molar-refractivity contribution in [1.82, 2.24) is 0 Å². The van der Waals surface area contributed by atoms with E-state index in [1.165, 1.54) is 0 Å². The van der Waals surface area contributed by atoms with Crippen molar-refractivity contribution in [2.75, 3.05) is 0 Å². The zero-order valence-corrected chi connectivity index (χ0v) is 25.0. The maximum atomic E-state index is 6.93. The zero-order chi connectivity index (χ0) is 30.6. The first-order chi connectivity index (χ1) is 23.3. The summed E-state index contributed by atoms with van der Waals surface area (Å²) in [6, 6.07) is 48.0. The molecule has 0 spiro atoms. The zero-order valence-electron chi connectivity index (χ0n) is 25.0. The average molecular weight is 602 g/mol. The van der Waals surface area contributed by atoms with Crippen LogP contribution in [0.3, 0.4) is 0 Å². The summed E-state index contributed by atoms with van der Waals surface area (Å²) < 4.78 is 27.1. The second kappa shape index (κ2) is 9.18. The van der Waals surface area contributed by atoms with E-state index in [4.69, 9.17) is 18.3 Å². The summed E-state index contributed by atoms with van der Waals surface area (Å²) in [5.41, 5.74) is 10.4. The van der Waals surface area contributed by atoms with Crippen molar-refractivity contribution in [3.63, 3.8) is 0 Å². The number of furan rings is 2. The summed E-state index contributed by atoms with van der Waals surface area (Å²) >= 11 is 0. The predicted octanol–water partition coefficient (Wildman–Crippen LogP) is 9.55. The minimum absolute atomic E-state index is 0.0849. The lowest BCUT2D eigenvalue weighted by atomic mass is 9.34. The van der Waals surface area contributed by atoms with E-state index >= 15 is 0 Å². The lowest BCUT2D eigenvalue weighted by molar-refractivity contribution is 0.466. The molecular formula is C42H23BO4. The first kappa shape index (κ1) is 25.0. The van der Waals surface area contributed by atoms with Crippen molar-refractivity contribution in [3.05, 3.63) is 140 Å². The van der Waals surface area contributed by atoms with E-state index in [2.05, 4.69) is 103 Å². The van der Waals surface area contributed by atoms with Gasteiger partial charge in [-0.15, -0.1) is 0 Å². The van der Waals surface area contributed by atoms with E-state index in [-0.39, 0.29) is 6.71 Å². The van der Waals surface area contributed by atoms with Crippen molar-refractivity contribution in [1.29, 1.82) is 0 Å². The standard InChI is InChI=1S/C42H23BO4/c1-5-19-34-24(11-1)26-13-9-15-28(39(26)44-34)30-23-31(29-16-10-14-27-25-12-2-6-20-35(25)45-40(27)29)42-38-41(30)46-36-21-7-3-17-32(36)43(38)33-18-4-8-22-37(33)47-42/h1-23H. The van der Waals surface area contributed by atoms with Crippen molar-refractivity contribution in [2.24, 2.45) is 0 Å². The maximum Gasteiger partial charge on any atom is 0.260 e. The highest BCUT2D eigenvalue weighted by Gasteiger charge is 2.43. The van der Waals surface area contributed by atoms with Gasteiger partial charge in [-0.25, -0.2) is 0 Å². The summed E-state index contributed by atoms with van der Waals surface area (Å²) in [6.45, 7) is -0.0849. The highest BCUT2D eigenvalue weighted by molar-refractivity contribution is 6.98. The fourth-order valence-electron chi connectivity index (χ4n) is 7.79. The summed E-state index contributed by atoms with van der Waals surface area (Å²) in [5.74, 6) is 3.26. The van der Waals surface area contributed by atoms with E-state index in [0.717, 1.165) is 106 Å². The van der Waals surface area contributed by atoms with Gasteiger partial charge >= 0.3 is 0 Å². The van der Waals surface area contributed by atoms with Crippen LogP contribution in [0.2, 0.25) is 0 Å². The van der Waals surface area contributed by atoms with E-state index in [1.807, 2.05) is 36.4 Å². The van der Waals surface area contributed by atoms with Gasteiger partial charge in [-0.05, 0) is 41.3 Å². The van der Waals surface area contributed by atoms with Gasteiger partial charge in [0.2, 0.25) is 0 Å². The minimum Gasteiger partial charge on any atom is -0.458 e. The molecule has 9 aromatic rings. The lowest BCUT2D eigenvalue weighted by Crippen LogP contribution is -2.57. The molecule has 0 amide bonds. The topological polar surface area (TPSA) is 44.7 Å². The molecule has 0 N–H and O–H groups in total. The molecule has 4 nitrogen and oxygen atoms in total. The number of fused-ring (bicyclic) bond motifs is 10. The molecule has 0 aliphatic carbocycles. The van der Waals surface area contributed by atoms with Gasteiger partial charge in [0.1, 0.15) is 45.3 Å². The Morgan fingerprint density at radius 1 is 0.383 bits per heavy atom. The van der Waals surface area contributed by atoms with Crippen LogP contribution in [0, 0.1) is 0 Å². The molecule has 0 bridgehead atoms. The van der Waals surface area contributed by atoms with Gasteiger partial charge in [0.05, 0.1) is 0 Å². The Hall–Kier alpha value is -6.20. The van der Waals surface area contributed by atoms with E-state index in [9.17, 15) is 0 Å². The molecular weight excluding hydrogens is 579 g/mol. The summed E-state index contributed by atoms with van der Waals surface area (Å²) in [6.07, 6.45) is 0. The second-order valence-electron chi connectivity index (χ2n) is 12.3. The smallest absolute Gasteiger partial charge is 0.260 e. The van der Waals surface area contributed by atoms with Gasteiger partial charge in [-0.2, -0.15) is 0 Å². The minimum atomic E-state index is -0.0849. The van der Waals surface area contributed by atoms with Crippen LogP contribution in [0.5, 0.6) is 23.0 Å². The molecule has 0 fully saturated rings. The monoisotopic (exact) mass is 602 g/mol. The van der Waals surface area contributed by atoms with E-state index in [1.54, 1.807) is 0 Å². The Balaban J connectivity index is 1.30. The van der Waals surface area contributed by atoms with Gasteiger partial charge in [-0.3, -0.25) is 0 Å². The van der Waals surface area contributed by atoms with Gasteiger partial charge in [0.25, 0.3) is 6.71 Å². The third kappa shape index (κ3) is 3.38. The Kier molecular flexibility index (Phi) is 4.89. The quantitative estimate of drug-likeness (QED) is 0.185. The number of ether oxygens (including phenoxy) is 2. The van der Waals surface area contributed by atoms with Gasteiger partial charge in [0, 0.05) is 49.3 Å². The molecule has 2 aromatic heterocycles. The largest absolute Gasteiger partial charge is 0.458 e. The molecule has 218 valence electrons. The highest BCUT2D eigenvalue weighted by atomic mass is 16.5. The summed E-state index contributed by atoms with van der Waals surface area (Å²) in [7, 11) is 0. The van der Waals surface area contributed by atoms with Gasteiger partial charge in [-0.1, -0.05) is 109 Å². The highest BCUT2D eigenvalue weighted by Crippen LogP contribution is 2.49. The van der Waals surface area contributed by atoms with Gasteiger partial charge in [0.15, 0.2) is 0 Å². The number of rotatable bonds is 2. The summed E-state index contributed by atoms with van der Waals surface area (Å²) in [5, 5.41) is 4.31. The van der Waals surface area contributed by atoms with Crippen LogP contribution >= 0.6 is 0 Å². The third-order valence-corrected chi connectivity index (χ3v) is 9.83. The molecule has 5 heteroatoms. The molecule has 11 rings (SSSR count). The summed E-state index contributed by atoms with van der Waals surface area (Å²) in [4.78, 5) is 0. The van der Waals surface area contributed by atoms with Crippen LogP contribution < -0.4 is 25.9 Å². The molecule has 0 saturated carbocycles. The first-order valence-electron chi connectivity index (χ1n) is 15.9. The molecule has 0 saturated heterocycles. The number of para-hydroxylation sites is 6. The van der Waals surface area contributed by atoms with Crippen LogP contribution in [0.25, 0.3) is 66.1 Å². The SMILES string of the molecule is c1ccc2c(c1)Oc1c(-c3cccc4c3oc3ccccc34)cc(-c3cccc4c3oc3ccccc34)c3c1B2c1ccccc1O3. The Labute approximate surface area is 269 Å². The third-order valence-electron chi connectivity index (χ3n) is 9.83. The first-order valence-corrected chi connectivity index (χ1v) is 15.9. The Morgan fingerprint density at radius 3 is 1.36 bits per heavy atom. The molecule has 2 aliphatic heterocycles. The Morgan fingerprint density at radius 2 is 0.830 bits per heavy atom. The van der Waals surface area contributed by atoms with E-state index in [0.29, 0.717) is 0 Å². The normalized spacial score (nSPS) is 13.0. The molecule has 0 atom stereocenters. The Bertz CT molecular complexity index is 2580. The number of hydrogen-bond donors (Lipinski definition) is 0. The molecule has 7 aromatic carbocycles. The van der Waals surface area contributed by atoms with Crippen LogP contribution in [-0.4, -0.2) is 6.71 Å². The molecule has 0 unspecified atom stereocenters. The fraction of sp³-hybridized carbons (Fsp3) is 0. The van der Waals surface area contributed by atoms with Crippen LogP contribution in [0.4, 0.5) is 0 Å². The number of benzene rings is 7. The number of hydrogen-bond acceptors (Lipinski definition) is 4. The van der Waals surface area contributed by atoms with Crippen LogP contribution in [-0.2, 0) is 0 Å². The maximum absolute atomic E-state index is 6.93. The molecule has 47 heavy (non-hydrogen) atoms. The van der Waals surface area contributed by atoms with Gasteiger partial charge < -0.3 is 18.3 Å². The lowest BCUT2D eigenvalue weighted by Gasteiger charge is -2.35. The van der Waals surface area contributed by atoms with E-state index < -0.39 is 0 Å². The molecule has 2 aliphatic rings. The average Bonchev–Trinajstić information content (AvgIpc) is 3.70. The second-order valence-corrected chi connectivity index (χ2v) is 12.3. The predicted molar refractivity (Wildman–Crippen MR) is 190 cm³/mol.